The molecule has 0 atom stereocenters. The van der Waals surface area contributed by atoms with Gasteiger partial charge in [-0.05, 0) is 33.3 Å². The molecule has 0 amide bonds. The van der Waals surface area contributed by atoms with Gasteiger partial charge in [0.25, 0.3) is 0 Å². The fourth-order valence-corrected chi connectivity index (χ4v) is 1.99. The summed E-state index contributed by atoms with van der Waals surface area (Å²) in [6, 6.07) is 4.88. The molecule has 1 aromatic rings. The molecule has 0 fully saturated rings. The molecule has 0 aliphatic rings. The quantitative estimate of drug-likeness (QED) is 0.805. The first kappa shape index (κ1) is 14.9. The van der Waals surface area contributed by atoms with Gasteiger partial charge in [-0.2, -0.15) is 0 Å². The van der Waals surface area contributed by atoms with Gasteiger partial charge in [0, 0.05) is 37.4 Å². The lowest BCUT2D eigenvalue weighted by Gasteiger charge is -2.30. The van der Waals surface area contributed by atoms with E-state index >= 15 is 0 Å². The van der Waals surface area contributed by atoms with E-state index in [-0.39, 0.29) is 0 Å². The zero-order valence-corrected chi connectivity index (χ0v) is 11.9. The number of nitrogens with two attached hydrogens (primary N) is 1. The average molecular weight is 251 g/mol. The molecule has 0 radical (unpaired) electrons. The standard InChI is InChI=1S/C14H25N3O/c1-11(2)17(12(3)4)7-8-18-14-6-5-13(9-15)10-16-14/h5-6,10-12H,7-9,15H2,1-4H3. The third kappa shape index (κ3) is 4.63. The largest absolute Gasteiger partial charge is 0.476 e. The summed E-state index contributed by atoms with van der Waals surface area (Å²) in [5, 5.41) is 0. The highest BCUT2D eigenvalue weighted by Gasteiger charge is 2.12. The van der Waals surface area contributed by atoms with Crippen LogP contribution in [0.15, 0.2) is 18.3 Å². The van der Waals surface area contributed by atoms with Crippen molar-refractivity contribution in [3.63, 3.8) is 0 Å². The Morgan fingerprint density at radius 3 is 2.33 bits per heavy atom. The zero-order valence-electron chi connectivity index (χ0n) is 11.9. The summed E-state index contributed by atoms with van der Waals surface area (Å²) < 4.78 is 5.64. The van der Waals surface area contributed by atoms with Crippen LogP contribution in [0.5, 0.6) is 5.88 Å². The SMILES string of the molecule is CC(C)N(CCOc1ccc(CN)cn1)C(C)C. The van der Waals surface area contributed by atoms with Crippen LogP contribution in [0.4, 0.5) is 0 Å². The highest BCUT2D eigenvalue weighted by molar-refractivity contribution is 5.17. The van der Waals surface area contributed by atoms with Crippen molar-refractivity contribution in [2.24, 2.45) is 5.73 Å². The normalized spacial score (nSPS) is 11.6. The number of hydrogen-bond acceptors (Lipinski definition) is 4. The molecule has 0 aromatic carbocycles. The predicted molar refractivity (Wildman–Crippen MR) is 74.6 cm³/mol. The summed E-state index contributed by atoms with van der Waals surface area (Å²) in [7, 11) is 0. The van der Waals surface area contributed by atoms with Crippen molar-refractivity contribution in [2.45, 2.75) is 46.3 Å². The lowest BCUT2D eigenvalue weighted by molar-refractivity contribution is 0.140. The first-order chi connectivity index (χ1) is 8.54. The van der Waals surface area contributed by atoms with E-state index in [0.29, 0.717) is 31.1 Å². The van der Waals surface area contributed by atoms with E-state index < -0.39 is 0 Å². The van der Waals surface area contributed by atoms with E-state index in [2.05, 4.69) is 37.6 Å². The summed E-state index contributed by atoms with van der Waals surface area (Å²) in [6.07, 6.45) is 1.76. The van der Waals surface area contributed by atoms with Crippen molar-refractivity contribution in [1.29, 1.82) is 0 Å². The molecule has 102 valence electrons. The van der Waals surface area contributed by atoms with Crippen LogP contribution in [0, 0.1) is 0 Å². The maximum absolute atomic E-state index is 5.64. The molecule has 2 N–H and O–H groups in total. The van der Waals surface area contributed by atoms with E-state index in [9.17, 15) is 0 Å². The van der Waals surface area contributed by atoms with Gasteiger partial charge in [0.05, 0.1) is 0 Å². The number of aromatic nitrogens is 1. The molecule has 0 spiro atoms. The monoisotopic (exact) mass is 251 g/mol. The first-order valence-corrected chi connectivity index (χ1v) is 6.58. The molecule has 4 heteroatoms. The van der Waals surface area contributed by atoms with E-state index in [1.807, 2.05) is 12.1 Å². The summed E-state index contributed by atoms with van der Waals surface area (Å²) in [5.41, 5.74) is 6.54. The third-order valence-electron chi connectivity index (χ3n) is 2.96. The Balaban J connectivity index is 2.40. The fourth-order valence-electron chi connectivity index (χ4n) is 1.99. The lowest BCUT2D eigenvalue weighted by Crippen LogP contribution is -2.39. The molecule has 0 saturated carbocycles. The Morgan fingerprint density at radius 1 is 1.22 bits per heavy atom. The third-order valence-corrected chi connectivity index (χ3v) is 2.96. The maximum Gasteiger partial charge on any atom is 0.213 e. The van der Waals surface area contributed by atoms with Crippen molar-refractivity contribution in [3.05, 3.63) is 23.9 Å². The minimum Gasteiger partial charge on any atom is -0.476 e. The van der Waals surface area contributed by atoms with Crippen LogP contribution in [-0.4, -0.2) is 35.1 Å². The minimum absolute atomic E-state index is 0.516. The molecule has 1 aromatic heterocycles. The van der Waals surface area contributed by atoms with E-state index in [1.165, 1.54) is 0 Å². The second-order valence-electron chi connectivity index (χ2n) is 4.98. The molecule has 0 unspecified atom stereocenters. The second kappa shape index (κ2) is 7.34. The number of ether oxygens (including phenoxy) is 1. The van der Waals surface area contributed by atoms with Gasteiger partial charge >= 0.3 is 0 Å². The first-order valence-electron chi connectivity index (χ1n) is 6.58. The second-order valence-corrected chi connectivity index (χ2v) is 4.98. The molecule has 0 aliphatic heterocycles. The van der Waals surface area contributed by atoms with Gasteiger partial charge in [0.2, 0.25) is 5.88 Å². The lowest BCUT2D eigenvalue weighted by atomic mass is 10.2. The topological polar surface area (TPSA) is 51.4 Å². The Labute approximate surface area is 110 Å². The van der Waals surface area contributed by atoms with Crippen LogP contribution in [0.1, 0.15) is 33.3 Å². The maximum atomic E-state index is 5.64. The number of pyridine rings is 1. The van der Waals surface area contributed by atoms with Crippen molar-refractivity contribution in [3.8, 4) is 5.88 Å². The van der Waals surface area contributed by atoms with Gasteiger partial charge in [0.15, 0.2) is 0 Å². The van der Waals surface area contributed by atoms with Crippen LogP contribution in [0.3, 0.4) is 0 Å². The molecular weight excluding hydrogens is 226 g/mol. The van der Waals surface area contributed by atoms with Gasteiger partial charge in [0.1, 0.15) is 6.61 Å². The van der Waals surface area contributed by atoms with Gasteiger partial charge < -0.3 is 10.5 Å². The number of rotatable bonds is 7. The summed E-state index contributed by atoms with van der Waals surface area (Å²) >= 11 is 0. The van der Waals surface area contributed by atoms with E-state index in [4.69, 9.17) is 10.5 Å². The molecule has 1 heterocycles. The molecule has 4 nitrogen and oxygen atoms in total. The van der Waals surface area contributed by atoms with Crippen molar-refractivity contribution >= 4 is 0 Å². The molecular formula is C14H25N3O. The van der Waals surface area contributed by atoms with E-state index in [1.54, 1.807) is 6.20 Å². The molecule has 0 bridgehead atoms. The predicted octanol–water partition coefficient (Wildman–Crippen LogP) is 2.04. The van der Waals surface area contributed by atoms with Gasteiger partial charge in [-0.1, -0.05) is 6.07 Å². The van der Waals surface area contributed by atoms with Gasteiger partial charge in [-0.15, -0.1) is 0 Å². The molecule has 1 rings (SSSR count). The zero-order chi connectivity index (χ0) is 13.5. The minimum atomic E-state index is 0.516. The smallest absolute Gasteiger partial charge is 0.213 e. The molecule has 18 heavy (non-hydrogen) atoms. The average Bonchev–Trinajstić information content (AvgIpc) is 2.34. The number of nitrogens with zero attached hydrogens (tertiary/aromatic N) is 2. The fraction of sp³-hybridized carbons (Fsp3) is 0.643. The van der Waals surface area contributed by atoms with Crippen molar-refractivity contribution in [1.82, 2.24) is 9.88 Å². The van der Waals surface area contributed by atoms with Crippen molar-refractivity contribution < 1.29 is 4.74 Å². The Morgan fingerprint density at radius 2 is 1.89 bits per heavy atom. The van der Waals surface area contributed by atoms with Crippen LogP contribution in [-0.2, 0) is 6.54 Å². The molecule has 0 aliphatic carbocycles. The summed E-state index contributed by atoms with van der Waals surface area (Å²) in [6.45, 7) is 10.9. The highest BCUT2D eigenvalue weighted by Crippen LogP contribution is 2.08. The summed E-state index contributed by atoms with van der Waals surface area (Å²) in [5.74, 6) is 0.666. The van der Waals surface area contributed by atoms with Crippen LogP contribution >= 0.6 is 0 Å². The Kier molecular flexibility index (Phi) is 6.09. The molecule has 0 saturated heterocycles. The van der Waals surface area contributed by atoms with E-state index in [0.717, 1.165) is 12.1 Å². The van der Waals surface area contributed by atoms with Crippen molar-refractivity contribution in [2.75, 3.05) is 13.2 Å². The highest BCUT2D eigenvalue weighted by atomic mass is 16.5. The van der Waals surface area contributed by atoms with Crippen LogP contribution in [0.25, 0.3) is 0 Å². The number of hydrogen-bond donors (Lipinski definition) is 1. The Bertz CT molecular complexity index is 327. The van der Waals surface area contributed by atoms with Gasteiger partial charge in [-0.3, -0.25) is 4.90 Å². The Hall–Kier alpha value is -1.13. The van der Waals surface area contributed by atoms with Crippen LogP contribution < -0.4 is 10.5 Å². The summed E-state index contributed by atoms with van der Waals surface area (Å²) in [4.78, 5) is 6.61. The van der Waals surface area contributed by atoms with Crippen LogP contribution in [0.2, 0.25) is 0 Å². The van der Waals surface area contributed by atoms with Gasteiger partial charge in [-0.25, -0.2) is 4.98 Å².